The summed E-state index contributed by atoms with van der Waals surface area (Å²) in [7, 11) is -0.918. The number of hydrogen-bond acceptors (Lipinski definition) is 5. The van der Waals surface area contributed by atoms with E-state index in [4.69, 9.17) is 4.52 Å². The zero-order valence-electron chi connectivity index (χ0n) is 8.47. The largest absolute Gasteiger partial charge is 0.338 e. The maximum absolute atomic E-state index is 11.3. The van der Waals surface area contributed by atoms with Gasteiger partial charge in [-0.15, -0.1) is 11.3 Å². The van der Waals surface area contributed by atoms with Gasteiger partial charge in [0.1, 0.15) is 5.75 Å². The van der Waals surface area contributed by atoms with Gasteiger partial charge in [-0.25, -0.2) is 0 Å². The van der Waals surface area contributed by atoms with Gasteiger partial charge in [0.2, 0.25) is 11.7 Å². The van der Waals surface area contributed by atoms with Crippen LogP contribution in [0.1, 0.15) is 12.8 Å². The smallest absolute Gasteiger partial charge is 0.239 e. The molecule has 1 unspecified atom stereocenters. The van der Waals surface area contributed by atoms with E-state index in [0.717, 1.165) is 9.35 Å². The summed E-state index contributed by atoms with van der Waals surface area (Å²) in [6, 6.07) is 1.93. The van der Waals surface area contributed by atoms with Crippen molar-refractivity contribution in [2.45, 2.75) is 12.7 Å². The molecule has 0 bridgehead atoms. The van der Waals surface area contributed by atoms with Gasteiger partial charge in [0.15, 0.2) is 0 Å². The summed E-state index contributed by atoms with van der Waals surface area (Å²) in [6.07, 6.45) is 0. The lowest BCUT2D eigenvalue weighted by Gasteiger charge is -1.90. The fourth-order valence-electron chi connectivity index (χ4n) is 1.08. The third kappa shape index (κ3) is 2.78. The van der Waals surface area contributed by atoms with Crippen molar-refractivity contribution < 1.29 is 8.73 Å². The van der Waals surface area contributed by atoms with Crippen molar-refractivity contribution in [3.63, 3.8) is 0 Å². The van der Waals surface area contributed by atoms with Crippen molar-refractivity contribution in [1.29, 1.82) is 0 Å². The molecule has 2 aromatic heterocycles. The maximum atomic E-state index is 11.3. The first-order chi connectivity index (χ1) is 7.69. The lowest BCUT2D eigenvalue weighted by Crippen LogP contribution is -1.97. The molecule has 0 aliphatic rings. The van der Waals surface area contributed by atoms with Gasteiger partial charge in [0.25, 0.3) is 0 Å². The predicted octanol–water partition coefficient (Wildman–Crippen LogP) is 2.83. The van der Waals surface area contributed by atoms with Crippen LogP contribution in [0.2, 0.25) is 0 Å². The molecule has 0 radical (unpaired) electrons. The first-order valence-electron chi connectivity index (χ1n) is 4.61. The number of aromatic nitrogens is 2. The molecule has 16 heavy (non-hydrogen) atoms. The van der Waals surface area contributed by atoms with Crippen molar-refractivity contribution in [3.8, 4) is 10.7 Å². The normalized spacial score (nSPS) is 12.9. The van der Waals surface area contributed by atoms with E-state index in [0.29, 0.717) is 23.2 Å². The molecule has 0 aliphatic carbocycles. The Morgan fingerprint density at radius 3 is 3.06 bits per heavy atom. The van der Waals surface area contributed by atoms with Gasteiger partial charge in [-0.2, -0.15) is 4.98 Å². The quantitative estimate of drug-likeness (QED) is 0.869. The Morgan fingerprint density at radius 2 is 2.44 bits per heavy atom. The zero-order chi connectivity index (χ0) is 11.5. The molecule has 0 saturated carbocycles. The molecule has 2 rings (SSSR count). The lowest BCUT2D eigenvalue weighted by atomic mass is 10.4. The number of nitrogens with zero attached hydrogens (tertiary/aromatic N) is 2. The average molecular weight is 321 g/mol. The van der Waals surface area contributed by atoms with Gasteiger partial charge in [0, 0.05) is 26.4 Å². The fraction of sp³-hybridized carbons (Fsp3) is 0.333. The van der Waals surface area contributed by atoms with Crippen molar-refractivity contribution in [2.24, 2.45) is 0 Å². The van der Waals surface area contributed by atoms with Crippen molar-refractivity contribution >= 4 is 38.1 Å². The Hall–Kier alpha value is -0.530. The van der Waals surface area contributed by atoms with Crippen LogP contribution in [-0.2, 0) is 16.6 Å². The highest BCUT2D eigenvalue weighted by molar-refractivity contribution is 9.10. The lowest BCUT2D eigenvalue weighted by molar-refractivity contribution is 0.391. The SMILES string of the molecule is CCS(=O)Cc1nc(-c2cc(Br)cs2)no1. The summed E-state index contributed by atoms with van der Waals surface area (Å²) in [5, 5.41) is 5.81. The summed E-state index contributed by atoms with van der Waals surface area (Å²) >= 11 is 4.90. The van der Waals surface area contributed by atoms with E-state index in [1.807, 2.05) is 18.4 Å². The second-order valence-electron chi connectivity index (χ2n) is 3.01. The van der Waals surface area contributed by atoms with Crippen LogP contribution in [0.25, 0.3) is 10.7 Å². The van der Waals surface area contributed by atoms with Gasteiger partial charge in [-0.05, 0) is 22.0 Å². The van der Waals surface area contributed by atoms with Crippen LogP contribution in [0.15, 0.2) is 20.4 Å². The standard InChI is InChI=1S/C9H9BrN2O2S2/c1-2-16(13)5-8-11-9(12-14-8)7-3-6(10)4-15-7/h3-4H,2,5H2,1H3. The Morgan fingerprint density at radius 1 is 1.62 bits per heavy atom. The third-order valence-corrected chi connectivity index (χ3v) is 4.76. The van der Waals surface area contributed by atoms with Crippen molar-refractivity contribution in [3.05, 3.63) is 21.8 Å². The van der Waals surface area contributed by atoms with E-state index in [2.05, 4.69) is 26.1 Å². The number of thiophene rings is 1. The van der Waals surface area contributed by atoms with Crippen LogP contribution in [-0.4, -0.2) is 20.1 Å². The molecular weight excluding hydrogens is 312 g/mol. The minimum Gasteiger partial charge on any atom is -0.338 e. The Bertz CT molecular complexity index is 509. The molecular formula is C9H9BrN2O2S2. The molecule has 4 nitrogen and oxygen atoms in total. The minimum atomic E-state index is -0.918. The first-order valence-corrected chi connectivity index (χ1v) is 7.77. The molecule has 0 spiro atoms. The summed E-state index contributed by atoms with van der Waals surface area (Å²) in [4.78, 5) is 5.13. The summed E-state index contributed by atoms with van der Waals surface area (Å²) < 4.78 is 17.3. The second kappa shape index (κ2) is 5.20. The number of halogens is 1. The predicted molar refractivity (Wildman–Crippen MR) is 67.7 cm³/mol. The van der Waals surface area contributed by atoms with Crippen molar-refractivity contribution in [2.75, 3.05) is 5.75 Å². The minimum absolute atomic E-state index is 0.329. The van der Waals surface area contributed by atoms with Gasteiger partial charge in [-0.3, -0.25) is 4.21 Å². The average Bonchev–Trinajstić information content (AvgIpc) is 2.87. The van der Waals surface area contributed by atoms with Crippen LogP contribution in [0.5, 0.6) is 0 Å². The molecule has 7 heteroatoms. The van der Waals surface area contributed by atoms with Crippen LogP contribution >= 0.6 is 27.3 Å². The van der Waals surface area contributed by atoms with Gasteiger partial charge >= 0.3 is 0 Å². The highest BCUT2D eigenvalue weighted by Crippen LogP contribution is 2.27. The van der Waals surface area contributed by atoms with Crippen LogP contribution < -0.4 is 0 Å². The van der Waals surface area contributed by atoms with E-state index >= 15 is 0 Å². The summed E-state index contributed by atoms with van der Waals surface area (Å²) in [5.41, 5.74) is 0. The molecule has 0 amide bonds. The second-order valence-corrected chi connectivity index (χ2v) is 6.59. The van der Waals surface area contributed by atoms with E-state index in [1.165, 1.54) is 11.3 Å². The molecule has 0 fully saturated rings. The van der Waals surface area contributed by atoms with Crippen LogP contribution in [0.3, 0.4) is 0 Å². The Balaban J connectivity index is 2.16. The summed E-state index contributed by atoms with van der Waals surface area (Å²) in [6.45, 7) is 1.86. The molecule has 0 aromatic carbocycles. The fourth-order valence-corrected chi connectivity index (χ4v) is 3.03. The van der Waals surface area contributed by atoms with E-state index in [1.54, 1.807) is 0 Å². The van der Waals surface area contributed by atoms with Gasteiger partial charge in [-0.1, -0.05) is 12.1 Å². The van der Waals surface area contributed by atoms with Crippen LogP contribution in [0, 0.1) is 0 Å². The van der Waals surface area contributed by atoms with E-state index in [9.17, 15) is 4.21 Å². The molecule has 2 aromatic rings. The molecule has 86 valence electrons. The van der Waals surface area contributed by atoms with Gasteiger partial charge < -0.3 is 4.52 Å². The van der Waals surface area contributed by atoms with Gasteiger partial charge in [0.05, 0.1) is 4.88 Å². The van der Waals surface area contributed by atoms with Crippen molar-refractivity contribution in [1.82, 2.24) is 10.1 Å². The zero-order valence-corrected chi connectivity index (χ0v) is 11.7. The maximum Gasteiger partial charge on any atom is 0.239 e. The highest BCUT2D eigenvalue weighted by atomic mass is 79.9. The molecule has 0 saturated heterocycles. The Kier molecular flexibility index (Phi) is 3.88. The molecule has 0 N–H and O–H groups in total. The first kappa shape index (κ1) is 11.9. The molecule has 1 atom stereocenters. The topological polar surface area (TPSA) is 56.0 Å². The summed E-state index contributed by atoms with van der Waals surface area (Å²) in [5.74, 6) is 1.91. The molecule has 0 aliphatic heterocycles. The third-order valence-electron chi connectivity index (χ3n) is 1.86. The van der Waals surface area contributed by atoms with E-state index < -0.39 is 10.8 Å². The highest BCUT2D eigenvalue weighted by Gasteiger charge is 2.12. The van der Waals surface area contributed by atoms with E-state index in [-0.39, 0.29) is 0 Å². The number of hydrogen-bond donors (Lipinski definition) is 0. The molecule has 2 heterocycles. The number of rotatable bonds is 4. The monoisotopic (exact) mass is 320 g/mol. The Labute approximate surface area is 108 Å². The van der Waals surface area contributed by atoms with Crippen LogP contribution in [0.4, 0.5) is 0 Å².